The summed E-state index contributed by atoms with van der Waals surface area (Å²) < 4.78 is 1.91. The lowest BCUT2D eigenvalue weighted by Gasteiger charge is -1.97. The molecule has 0 aliphatic rings. The van der Waals surface area contributed by atoms with E-state index in [-0.39, 0.29) is 0 Å². The molecule has 1 heterocycles. The number of aryl methyl sites for hydroxylation is 2. The van der Waals surface area contributed by atoms with Crippen LogP contribution in [0.3, 0.4) is 0 Å². The normalized spacial score (nSPS) is 10.7. The fourth-order valence-corrected chi connectivity index (χ4v) is 1.43. The quantitative estimate of drug-likeness (QED) is 0.555. The number of hydrogen-bond donors (Lipinski definition) is 0. The monoisotopic (exact) mass is 146 g/mol. The van der Waals surface area contributed by atoms with Crippen LogP contribution < -0.4 is 0 Å². The van der Waals surface area contributed by atoms with Crippen molar-refractivity contribution in [3.63, 3.8) is 0 Å². The van der Waals surface area contributed by atoms with Crippen LogP contribution in [0.5, 0.6) is 0 Å². The van der Waals surface area contributed by atoms with E-state index in [1.54, 1.807) is 0 Å². The SMILES string of the molecule is Cc1cccc2cnn(C)c12. The van der Waals surface area contributed by atoms with Gasteiger partial charge in [0, 0.05) is 12.4 Å². The minimum absolute atomic E-state index is 1.22. The molecule has 0 spiro atoms. The zero-order chi connectivity index (χ0) is 7.84. The molecule has 0 radical (unpaired) electrons. The van der Waals surface area contributed by atoms with Crippen molar-refractivity contribution in [3.05, 3.63) is 30.0 Å². The van der Waals surface area contributed by atoms with Crippen molar-refractivity contribution in [2.24, 2.45) is 7.05 Å². The Kier molecular flexibility index (Phi) is 1.22. The molecule has 1 aromatic heterocycles. The van der Waals surface area contributed by atoms with Gasteiger partial charge in [0.05, 0.1) is 11.7 Å². The molecule has 0 unspecified atom stereocenters. The van der Waals surface area contributed by atoms with E-state index < -0.39 is 0 Å². The van der Waals surface area contributed by atoms with Gasteiger partial charge in [0.25, 0.3) is 0 Å². The molecule has 11 heavy (non-hydrogen) atoms. The van der Waals surface area contributed by atoms with Crippen LogP contribution in [-0.2, 0) is 7.05 Å². The van der Waals surface area contributed by atoms with E-state index in [2.05, 4.69) is 30.2 Å². The molecule has 0 aliphatic heterocycles. The summed E-state index contributed by atoms with van der Waals surface area (Å²) in [6.45, 7) is 2.10. The molecule has 0 atom stereocenters. The number of benzene rings is 1. The third kappa shape index (κ3) is 0.827. The molecule has 2 heteroatoms. The van der Waals surface area contributed by atoms with Crippen LogP contribution in [-0.4, -0.2) is 9.78 Å². The van der Waals surface area contributed by atoms with Gasteiger partial charge in [0.15, 0.2) is 0 Å². The first-order chi connectivity index (χ1) is 5.29. The summed E-state index contributed by atoms with van der Waals surface area (Å²) in [7, 11) is 1.97. The van der Waals surface area contributed by atoms with Crippen LogP contribution in [0.25, 0.3) is 10.9 Å². The Morgan fingerprint density at radius 1 is 1.36 bits per heavy atom. The van der Waals surface area contributed by atoms with Gasteiger partial charge >= 0.3 is 0 Å². The minimum Gasteiger partial charge on any atom is -0.268 e. The van der Waals surface area contributed by atoms with Gasteiger partial charge in [0.1, 0.15) is 0 Å². The summed E-state index contributed by atoms with van der Waals surface area (Å²) in [5, 5.41) is 5.39. The summed E-state index contributed by atoms with van der Waals surface area (Å²) in [4.78, 5) is 0. The van der Waals surface area contributed by atoms with Crippen molar-refractivity contribution >= 4 is 10.9 Å². The maximum Gasteiger partial charge on any atom is 0.0708 e. The Morgan fingerprint density at radius 2 is 2.18 bits per heavy atom. The van der Waals surface area contributed by atoms with E-state index >= 15 is 0 Å². The standard InChI is InChI=1S/C9H10N2/c1-7-4-3-5-8-6-10-11(2)9(7)8/h3-6H,1-2H3. The summed E-state index contributed by atoms with van der Waals surface area (Å²) in [6, 6.07) is 6.23. The third-order valence-corrected chi connectivity index (χ3v) is 1.96. The molecule has 2 rings (SSSR count). The van der Waals surface area contributed by atoms with Crippen LogP contribution in [0.2, 0.25) is 0 Å². The van der Waals surface area contributed by atoms with E-state index in [0.29, 0.717) is 0 Å². The highest BCUT2D eigenvalue weighted by molar-refractivity contribution is 5.81. The second-order valence-electron chi connectivity index (χ2n) is 2.78. The molecular weight excluding hydrogens is 136 g/mol. The summed E-state index contributed by atoms with van der Waals surface area (Å²) in [6.07, 6.45) is 1.89. The minimum atomic E-state index is 1.22. The zero-order valence-corrected chi connectivity index (χ0v) is 6.70. The first-order valence-corrected chi connectivity index (χ1v) is 3.66. The molecule has 2 aromatic rings. The van der Waals surface area contributed by atoms with Crippen molar-refractivity contribution < 1.29 is 0 Å². The van der Waals surface area contributed by atoms with Gasteiger partial charge in [-0.2, -0.15) is 5.10 Å². The molecular formula is C9H10N2. The number of rotatable bonds is 0. The lowest BCUT2D eigenvalue weighted by atomic mass is 10.2. The second kappa shape index (κ2) is 2.09. The summed E-state index contributed by atoms with van der Waals surface area (Å²) >= 11 is 0. The predicted octanol–water partition coefficient (Wildman–Crippen LogP) is 1.88. The smallest absolute Gasteiger partial charge is 0.0708 e. The molecule has 0 bridgehead atoms. The zero-order valence-electron chi connectivity index (χ0n) is 6.70. The number of para-hydroxylation sites is 1. The Balaban J connectivity index is 2.96. The second-order valence-corrected chi connectivity index (χ2v) is 2.78. The number of hydrogen-bond acceptors (Lipinski definition) is 1. The molecule has 2 nitrogen and oxygen atoms in total. The molecule has 0 aliphatic carbocycles. The highest BCUT2D eigenvalue weighted by Gasteiger charge is 1.99. The largest absolute Gasteiger partial charge is 0.268 e. The Bertz CT molecular complexity index is 387. The van der Waals surface area contributed by atoms with Gasteiger partial charge in [-0.1, -0.05) is 18.2 Å². The van der Waals surface area contributed by atoms with E-state index in [1.807, 2.05) is 17.9 Å². The number of aromatic nitrogens is 2. The van der Waals surface area contributed by atoms with Gasteiger partial charge < -0.3 is 0 Å². The number of fused-ring (bicyclic) bond motifs is 1. The molecule has 0 N–H and O–H groups in total. The van der Waals surface area contributed by atoms with E-state index in [4.69, 9.17) is 0 Å². The topological polar surface area (TPSA) is 17.8 Å². The maximum atomic E-state index is 4.17. The van der Waals surface area contributed by atoms with Gasteiger partial charge in [-0.15, -0.1) is 0 Å². The van der Waals surface area contributed by atoms with Crippen LogP contribution in [0.4, 0.5) is 0 Å². The highest BCUT2D eigenvalue weighted by Crippen LogP contribution is 2.15. The Morgan fingerprint density at radius 3 is 2.91 bits per heavy atom. The lowest BCUT2D eigenvalue weighted by molar-refractivity contribution is 0.794. The van der Waals surface area contributed by atoms with Gasteiger partial charge in [-0.25, -0.2) is 0 Å². The van der Waals surface area contributed by atoms with Crippen molar-refractivity contribution in [3.8, 4) is 0 Å². The molecule has 0 saturated heterocycles. The molecule has 0 amide bonds. The third-order valence-electron chi connectivity index (χ3n) is 1.96. The Hall–Kier alpha value is -1.31. The van der Waals surface area contributed by atoms with E-state index in [1.165, 1.54) is 16.5 Å². The Labute approximate surface area is 65.5 Å². The maximum absolute atomic E-state index is 4.17. The number of nitrogens with zero attached hydrogens (tertiary/aromatic N) is 2. The molecule has 1 aromatic carbocycles. The van der Waals surface area contributed by atoms with Crippen LogP contribution in [0.15, 0.2) is 24.4 Å². The summed E-state index contributed by atoms with van der Waals surface area (Å²) in [5.74, 6) is 0. The van der Waals surface area contributed by atoms with Gasteiger partial charge in [-0.3, -0.25) is 4.68 Å². The van der Waals surface area contributed by atoms with Crippen LogP contribution in [0.1, 0.15) is 5.56 Å². The highest BCUT2D eigenvalue weighted by atomic mass is 15.2. The van der Waals surface area contributed by atoms with Crippen molar-refractivity contribution in [2.75, 3.05) is 0 Å². The van der Waals surface area contributed by atoms with Crippen LogP contribution in [0, 0.1) is 6.92 Å². The average molecular weight is 146 g/mol. The molecule has 0 saturated carbocycles. The van der Waals surface area contributed by atoms with Crippen LogP contribution >= 0.6 is 0 Å². The first-order valence-electron chi connectivity index (χ1n) is 3.66. The van der Waals surface area contributed by atoms with Crippen molar-refractivity contribution in [1.29, 1.82) is 0 Å². The fourth-order valence-electron chi connectivity index (χ4n) is 1.43. The lowest BCUT2D eigenvalue weighted by Crippen LogP contribution is -1.90. The van der Waals surface area contributed by atoms with E-state index in [9.17, 15) is 0 Å². The van der Waals surface area contributed by atoms with E-state index in [0.717, 1.165) is 0 Å². The van der Waals surface area contributed by atoms with Crippen molar-refractivity contribution in [2.45, 2.75) is 6.92 Å². The first kappa shape index (κ1) is 6.40. The molecule has 56 valence electrons. The summed E-state index contributed by atoms with van der Waals surface area (Å²) in [5.41, 5.74) is 2.51. The average Bonchev–Trinajstić information content (AvgIpc) is 2.34. The fraction of sp³-hybridized carbons (Fsp3) is 0.222. The van der Waals surface area contributed by atoms with Crippen molar-refractivity contribution in [1.82, 2.24) is 9.78 Å². The van der Waals surface area contributed by atoms with Gasteiger partial charge in [-0.05, 0) is 12.5 Å². The molecule has 0 fully saturated rings. The van der Waals surface area contributed by atoms with Gasteiger partial charge in [0.2, 0.25) is 0 Å². The predicted molar refractivity (Wildman–Crippen MR) is 45.5 cm³/mol.